The topological polar surface area (TPSA) is 39.9 Å². The quantitative estimate of drug-likeness (QED) is 0.724. The van der Waals surface area contributed by atoms with E-state index in [0.717, 1.165) is 18.1 Å². The third-order valence-electron chi connectivity index (χ3n) is 3.81. The molecule has 1 aliphatic rings. The third kappa shape index (κ3) is 2.36. The van der Waals surface area contributed by atoms with Gasteiger partial charge in [0, 0.05) is 37.0 Å². The predicted octanol–water partition coefficient (Wildman–Crippen LogP) is 3.67. The molecule has 0 bridgehead atoms. The van der Waals surface area contributed by atoms with E-state index in [1.54, 1.807) is 17.1 Å². The van der Waals surface area contributed by atoms with Crippen LogP contribution in [0.3, 0.4) is 0 Å². The zero-order chi connectivity index (χ0) is 15.8. The van der Waals surface area contributed by atoms with Crippen molar-refractivity contribution in [3.05, 3.63) is 54.4 Å². The number of aromatic nitrogens is 3. The molecule has 2 aromatic heterocycles. The molecule has 1 aliphatic heterocycles. The standard InChI is InChI=1S/C17H13F2N3O/c18-12-2-3-13(14(19)10-12)16-15(11-4-6-20-7-5-11)17-22(21-16)8-1-9-23-17/h2-7,10H,1,8-9H2. The number of hydrogen-bond acceptors (Lipinski definition) is 3. The summed E-state index contributed by atoms with van der Waals surface area (Å²) in [6.07, 6.45) is 4.16. The number of fused-ring (bicyclic) bond motifs is 1. The van der Waals surface area contributed by atoms with Gasteiger partial charge in [-0.3, -0.25) is 4.98 Å². The molecule has 4 rings (SSSR count). The van der Waals surface area contributed by atoms with E-state index < -0.39 is 11.6 Å². The van der Waals surface area contributed by atoms with Gasteiger partial charge in [-0.15, -0.1) is 0 Å². The molecule has 0 radical (unpaired) electrons. The highest BCUT2D eigenvalue weighted by Crippen LogP contribution is 2.41. The van der Waals surface area contributed by atoms with Gasteiger partial charge in [0.2, 0.25) is 5.88 Å². The Morgan fingerprint density at radius 1 is 1.09 bits per heavy atom. The van der Waals surface area contributed by atoms with Crippen LogP contribution in [-0.4, -0.2) is 21.4 Å². The first-order valence-electron chi connectivity index (χ1n) is 7.33. The number of pyridine rings is 1. The lowest BCUT2D eigenvalue weighted by Crippen LogP contribution is -2.14. The zero-order valence-corrected chi connectivity index (χ0v) is 12.2. The summed E-state index contributed by atoms with van der Waals surface area (Å²) in [6, 6.07) is 7.14. The highest BCUT2D eigenvalue weighted by atomic mass is 19.1. The summed E-state index contributed by atoms with van der Waals surface area (Å²) in [7, 11) is 0. The van der Waals surface area contributed by atoms with Crippen LogP contribution in [0.25, 0.3) is 22.4 Å². The van der Waals surface area contributed by atoms with E-state index in [2.05, 4.69) is 10.1 Å². The molecular formula is C17H13F2N3O. The number of halogens is 2. The molecule has 3 heterocycles. The monoisotopic (exact) mass is 313 g/mol. The van der Waals surface area contributed by atoms with Gasteiger partial charge in [0.15, 0.2) is 0 Å². The number of aryl methyl sites for hydroxylation is 1. The second kappa shape index (κ2) is 5.46. The van der Waals surface area contributed by atoms with E-state index in [0.29, 0.717) is 30.3 Å². The Morgan fingerprint density at radius 2 is 1.91 bits per heavy atom. The molecule has 0 spiro atoms. The Kier molecular flexibility index (Phi) is 3.29. The summed E-state index contributed by atoms with van der Waals surface area (Å²) >= 11 is 0. The molecule has 4 nitrogen and oxygen atoms in total. The molecule has 0 amide bonds. The van der Waals surface area contributed by atoms with Crippen LogP contribution in [0.15, 0.2) is 42.7 Å². The van der Waals surface area contributed by atoms with Crippen LogP contribution in [0, 0.1) is 11.6 Å². The Hall–Kier alpha value is -2.76. The third-order valence-corrected chi connectivity index (χ3v) is 3.81. The summed E-state index contributed by atoms with van der Waals surface area (Å²) in [5.41, 5.74) is 2.24. The van der Waals surface area contributed by atoms with Gasteiger partial charge in [-0.05, 0) is 29.8 Å². The van der Waals surface area contributed by atoms with Gasteiger partial charge < -0.3 is 4.74 Å². The van der Waals surface area contributed by atoms with Crippen LogP contribution in [0.4, 0.5) is 8.78 Å². The van der Waals surface area contributed by atoms with E-state index in [4.69, 9.17) is 4.74 Å². The SMILES string of the molecule is Fc1ccc(-c2nn3c(c2-c2ccncc2)OCCC3)c(F)c1. The molecule has 0 saturated carbocycles. The van der Waals surface area contributed by atoms with Crippen molar-refractivity contribution >= 4 is 0 Å². The predicted molar refractivity (Wildman–Crippen MR) is 80.9 cm³/mol. The van der Waals surface area contributed by atoms with Crippen molar-refractivity contribution < 1.29 is 13.5 Å². The summed E-state index contributed by atoms with van der Waals surface area (Å²) in [4.78, 5) is 4.01. The minimum Gasteiger partial charge on any atom is -0.477 e. The highest BCUT2D eigenvalue weighted by molar-refractivity contribution is 5.84. The minimum atomic E-state index is -0.643. The lowest BCUT2D eigenvalue weighted by Gasteiger charge is -2.16. The molecule has 6 heteroatoms. The average molecular weight is 313 g/mol. The van der Waals surface area contributed by atoms with Crippen LogP contribution in [0.2, 0.25) is 0 Å². The second-order valence-electron chi connectivity index (χ2n) is 5.31. The van der Waals surface area contributed by atoms with Gasteiger partial charge in [-0.2, -0.15) is 5.10 Å². The largest absolute Gasteiger partial charge is 0.477 e. The van der Waals surface area contributed by atoms with E-state index in [1.165, 1.54) is 12.1 Å². The maximum atomic E-state index is 14.3. The van der Waals surface area contributed by atoms with Gasteiger partial charge in [0.1, 0.15) is 17.3 Å². The molecular weight excluding hydrogens is 300 g/mol. The molecule has 0 aliphatic carbocycles. The van der Waals surface area contributed by atoms with Gasteiger partial charge >= 0.3 is 0 Å². The molecule has 0 fully saturated rings. The average Bonchev–Trinajstić information content (AvgIpc) is 2.94. The van der Waals surface area contributed by atoms with E-state index in [1.807, 2.05) is 12.1 Å². The summed E-state index contributed by atoms with van der Waals surface area (Å²) in [5, 5.41) is 4.50. The Morgan fingerprint density at radius 3 is 2.70 bits per heavy atom. The van der Waals surface area contributed by atoms with Crippen LogP contribution in [0.5, 0.6) is 5.88 Å². The minimum absolute atomic E-state index is 0.253. The highest BCUT2D eigenvalue weighted by Gasteiger charge is 2.25. The Labute approximate surface area is 131 Å². The first-order chi connectivity index (χ1) is 11.2. The fourth-order valence-corrected chi connectivity index (χ4v) is 2.78. The Bertz CT molecular complexity index is 862. The normalized spacial score (nSPS) is 13.5. The summed E-state index contributed by atoms with van der Waals surface area (Å²) < 4.78 is 35.0. The molecule has 0 saturated heterocycles. The second-order valence-corrected chi connectivity index (χ2v) is 5.31. The van der Waals surface area contributed by atoms with Gasteiger partial charge in [-0.25, -0.2) is 13.5 Å². The number of ether oxygens (including phenoxy) is 1. The van der Waals surface area contributed by atoms with Gasteiger partial charge in [0.05, 0.1) is 12.2 Å². The van der Waals surface area contributed by atoms with Crippen molar-refractivity contribution in [2.45, 2.75) is 13.0 Å². The lowest BCUT2D eigenvalue weighted by molar-refractivity contribution is 0.231. The fourth-order valence-electron chi connectivity index (χ4n) is 2.78. The van der Waals surface area contributed by atoms with Gasteiger partial charge in [0.25, 0.3) is 0 Å². The number of benzene rings is 1. The molecule has 23 heavy (non-hydrogen) atoms. The maximum absolute atomic E-state index is 14.3. The number of hydrogen-bond donors (Lipinski definition) is 0. The molecule has 0 atom stereocenters. The van der Waals surface area contributed by atoms with Crippen molar-refractivity contribution in [2.75, 3.05) is 6.61 Å². The van der Waals surface area contributed by atoms with Gasteiger partial charge in [-0.1, -0.05) is 0 Å². The number of rotatable bonds is 2. The molecule has 3 aromatic rings. The van der Waals surface area contributed by atoms with Crippen molar-refractivity contribution in [3.63, 3.8) is 0 Å². The lowest BCUT2D eigenvalue weighted by atomic mass is 10.0. The first-order valence-corrected chi connectivity index (χ1v) is 7.33. The maximum Gasteiger partial charge on any atom is 0.220 e. The van der Waals surface area contributed by atoms with Crippen molar-refractivity contribution in [1.29, 1.82) is 0 Å². The van der Waals surface area contributed by atoms with E-state index in [9.17, 15) is 8.78 Å². The smallest absolute Gasteiger partial charge is 0.220 e. The Balaban J connectivity index is 1.98. The summed E-state index contributed by atoms with van der Waals surface area (Å²) in [6.45, 7) is 1.30. The zero-order valence-electron chi connectivity index (χ0n) is 12.2. The van der Waals surface area contributed by atoms with E-state index in [-0.39, 0.29) is 5.56 Å². The van der Waals surface area contributed by atoms with E-state index >= 15 is 0 Å². The van der Waals surface area contributed by atoms with Crippen molar-refractivity contribution in [3.8, 4) is 28.3 Å². The van der Waals surface area contributed by atoms with Crippen LogP contribution < -0.4 is 4.74 Å². The van der Waals surface area contributed by atoms with Crippen molar-refractivity contribution in [2.24, 2.45) is 0 Å². The fraction of sp³-hybridized carbons (Fsp3) is 0.176. The molecule has 116 valence electrons. The first kappa shape index (κ1) is 13.9. The van der Waals surface area contributed by atoms with Crippen molar-refractivity contribution in [1.82, 2.24) is 14.8 Å². The number of nitrogens with zero attached hydrogens (tertiary/aromatic N) is 3. The van der Waals surface area contributed by atoms with Crippen LogP contribution in [-0.2, 0) is 6.54 Å². The molecule has 0 N–H and O–H groups in total. The van der Waals surface area contributed by atoms with Crippen LogP contribution in [0.1, 0.15) is 6.42 Å². The molecule has 0 unspecified atom stereocenters. The molecule has 1 aromatic carbocycles. The summed E-state index contributed by atoms with van der Waals surface area (Å²) in [5.74, 6) is -0.645. The van der Waals surface area contributed by atoms with Crippen LogP contribution >= 0.6 is 0 Å².